The third-order valence-corrected chi connectivity index (χ3v) is 1.29. The fraction of sp³-hybridized carbons (Fsp3) is 0.600. The molecule has 1 fully saturated rings. The van der Waals surface area contributed by atoms with Gasteiger partial charge in [0.25, 0.3) is 0 Å². The number of aliphatic carboxylic acids is 1. The van der Waals surface area contributed by atoms with E-state index in [1.54, 1.807) is 0 Å². The summed E-state index contributed by atoms with van der Waals surface area (Å²) in [4.78, 5) is 20.5. The number of carbonyl (C=O) groups excluding carboxylic acids is 1. The normalized spacial score (nSPS) is 23.2. The predicted octanol–water partition coefficient (Wildman–Crippen LogP) is -1.03. The Balaban J connectivity index is 0.000000810. The Morgan fingerprint density at radius 1 is 1.70 bits per heavy atom. The maximum Gasteiger partial charge on any atom is 0.326 e. The van der Waals surface area contributed by atoms with E-state index in [-0.39, 0.29) is 43.6 Å². The molecule has 1 rings (SSSR count). The van der Waals surface area contributed by atoms with Crippen LogP contribution in [0, 0.1) is 0 Å². The van der Waals surface area contributed by atoms with E-state index in [9.17, 15) is 9.59 Å². The molecule has 1 heterocycles. The average Bonchev–Trinajstić information content (AvgIpc) is 2.14. The van der Waals surface area contributed by atoms with Crippen molar-refractivity contribution in [1.29, 1.82) is 0 Å². The van der Waals surface area contributed by atoms with Gasteiger partial charge in [0.15, 0.2) is 0 Å². The van der Waals surface area contributed by atoms with E-state index in [4.69, 9.17) is 5.11 Å². The first-order valence-electron chi connectivity index (χ1n) is 2.72. The van der Waals surface area contributed by atoms with Gasteiger partial charge in [-0.2, -0.15) is 0 Å². The van der Waals surface area contributed by atoms with Crippen LogP contribution in [0.2, 0.25) is 0 Å². The van der Waals surface area contributed by atoms with Gasteiger partial charge >= 0.3 is 5.97 Å². The van der Waals surface area contributed by atoms with E-state index in [1.807, 2.05) is 0 Å². The number of nitrogens with one attached hydrogen (secondary N) is 1. The Kier molecular flexibility index (Phi) is 4.24. The van der Waals surface area contributed by atoms with Crippen LogP contribution in [0.25, 0.3) is 0 Å². The second-order valence-electron chi connectivity index (χ2n) is 2.00. The number of hydrogen-bond acceptors (Lipinski definition) is 2. The maximum absolute atomic E-state index is 10.4. The molecular weight excluding hydrogens is 162 g/mol. The summed E-state index contributed by atoms with van der Waals surface area (Å²) >= 11 is 0. The minimum atomic E-state index is -0.944. The first kappa shape index (κ1) is 10.2. The fourth-order valence-corrected chi connectivity index (χ4v) is 0.799. The van der Waals surface area contributed by atoms with E-state index >= 15 is 0 Å². The molecule has 1 saturated heterocycles. The number of carboxylic acids is 1. The Labute approximate surface area is 88.0 Å². The van der Waals surface area contributed by atoms with Crippen LogP contribution < -0.4 is 5.32 Å². The molecule has 0 aromatic carbocycles. The third kappa shape index (κ3) is 2.44. The topological polar surface area (TPSA) is 66.4 Å². The van der Waals surface area contributed by atoms with Gasteiger partial charge in [0, 0.05) is 44.2 Å². The van der Waals surface area contributed by atoms with Crippen molar-refractivity contribution >= 4 is 49.6 Å². The van der Waals surface area contributed by atoms with Crippen molar-refractivity contribution in [2.45, 2.75) is 18.9 Å². The van der Waals surface area contributed by atoms with Crippen molar-refractivity contribution in [3.8, 4) is 0 Å². The minimum Gasteiger partial charge on any atom is -0.480 e. The molecule has 5 heteroatoms. The summed E-state index contributed by atoms with van der Waals surface area (Å²) in [7, 11) is 0. The maximum atomic E-state index is 10.4. The Bertz CT molecular complexity index is 159. The summed E-state index contributed by atoms with van der Waals surface area (Å²) in [5, 5.41) is 10.6. The first-order valence-corrected chi connectivity index (χ1v) is 2.72. The molecule has 0 spiro atoms. The molecule has 1 atom stereocenters. The van der Waals surface area contributed by atoms with Crippen LogP contribution in [-0.4, -0.2) is 60.8 Å². The van der Waals surface area contributed by atoms with Gasteiger partial charge in [-0.15, -0.1) is 0 Å². The number of amides is 1. The molecule has 0 bridgehead atoms. The molecule has 4 nitrogen and oxygen atoms in total. The molecule has 1 unspecified atom stereocenters. The smallest absolute Gasteiger partial charge is 0.326 e. The second kappa shape index (κ2) is 4.16. The van der Waals surface area contributed by atoms with Crippen LogP contribution in [0.4, 0.5) is 0 Å². The van der Waals surface area contributed by atoms with Crippen molar-refractivity contribution in [3.63, 3.8) is 0 Å². The van der Waals surface area contributed by atoms with E-state index in [0.717, 1.165) is 0 Å². The molecule has 10 heavy (non-hydrogen) atoms. The zero-order valence-electron chi connectivity index (χ0n) is 5.46. The molecular formula is C5H7CaNO3. The summed E-state index contributed by atoms with van der Waals surface area (Å²) in [6.07, 6.45) is 0.769. The van der Waals surface area contributed by atoms with Gasteiger partial charge in [0.2, 0.25) is 5.91 Å². The van der Waals surface area contributed by atoms with Crippen LogP contribution in [0.1, 0.15) is 12.8 Å². The quantitative estimate of drug-likeness (QED) is 0.493. The molecule has 1 aliphatic heterocycles. The van der Waals surface area contributed by atoms with E-state index < -0.39 is 12.0 Å². The van der Waals surface area contributed by atoms with E-state index in [1.165, 1.54) is 0 Å². The zero-order valence-corrected chi connectivity index (χ0v) is 7.67. The molecule has 2 N–H and O–H groups in total. The summed E-state index contributed by atoms with van der Waals surface area (Å²) in [5.41, 5.74) is 0. The molecule has 0 aromatic rings. The van der Waals surface area contributed by atoms with Gasteiger partial charge in [0.1, 0.15) is 6.04 Å². The van der Waals surface area contributed by atoms with Crippen molar-refractivity contribution in [2.75, 3.05) is 0 Å². The molecule has 0 aromatic heterocycles. The summed E-state index contributed by atoms with van der Waals surface area (Å²) < 4.78 is 0. The van der Waals surface area contributed by atoms with Gasteiger partial charge in [0.05, 0.1) is 0 Å². The van der Waals surface area contributed by atoms with Crippen molar-refractivity contribution in [1.82, 2.24) is 5.32 Å². The van der Waals surface area contributed by atoms with Crippen LogP contribution in [0.15, 0.2) is 0 Å². The number of rotatable bonds is 1. The van der Waals surface area contributed by atoms with Crippen LogP contribution in [0.5, 0.6) is 0 Å². The van der Waals surface area contributed by atoms with Crippen LogP contribution >= 0.6 is 0 Å². The Morgan fingerprint density at radius 2 is 2.30 bits per heavy atom. The summed E-state index contributed by atoms with van der Waals surface area (Å²) in [6, 6.07) is -0.641. The molecule has 1 amide bonds. The predicted molar refractivity (Wildman–Crippen MR) is 34.6 cm³/mol. The Morgan fingerprint density at radius 3 is 2.50 bits per heavy atom. The van der Waals surface area contributed by atoms with Gasteiger partial charge in [-0.3, -0.25) is 4.79 Å². The number of carboxylic acid groups (broad SMARTS) is 1. The molecule has 0 saturated carbocycles. The van der Waals surface area contributed by atoms with E-state index in [0.29, 0.717) is 12.8 Å². The van der Waals surface area contributed by atoms with Crippen LogP contribution in [-0.2, 0) is 9.59 Å². The molecule has 2 radical (unpaired) electrons. The van der Waals surface area contributed by atoms with Crippen molar-refractivity contribution in [2.24, 2.45) is 0 Å². The standard InChI is InChI=1S/C5H7NO3.Ca/c7-4-2-1-3(6-4)5(8)9;/h3H,1-2H2,(H,6,7)(H,8,9);. The average molecular weight is 169 g/mol. The molecule has 52 valence electrons. The second-order valence-corrected chi connectivity index (χ2v) is 2.00. The summed E-state index contributed by atoms with van der Waals surface area (Å²) in [5.74, 6) is -1.11. The minimum absolute atomic E-state index is 0. The fourth-order valence-electron chi connectivity index (χ4n) is 0.799. The molecule has 0 aliphatic carbocycles. The largest absolute Gasteiger partial charge is 0.480 e. The summed E-state index contributed by atoms with van der Waals surface area (Å²) in [6.45, 7) is 0. The zero-order chi connectivity index (χ0) is 6.85. The SMILES string of the molecule is O=C1CCC(C(=O)O)N1.[Ca]. The number of carbonyl (C=O) groups is 2. The monoisotopic (exact) mass is 169 g/mol. The first-order chi connectivity index (χ1) is 4.20. The van der Waals surface area contributed by atoms with Crippen LogP contribution in [0.3, 0.4) is 0 Å². The number of hydrogen-bond donors (Lipinski definition) is 2. The van der Waals surface area contributed by atoms with Crippen molar-refractivity contribution in [3.05, 3.63) is 0 Å². The van der Waals surface area contributed by atoms with E-state index in [2.05, 4.69) is 5.32 Å². The molecule has 1 aliphatic rings. The van der Waals surface area contributed by atoms with Crippen molar-refractivity contribution < 1.29 is 14.7 Å². The Hall–Kier alpha value is 0.200. The van der Waals surface area contributed by atoms with Gasteiger partial charge < -0.3 is 10.4 Å². The van der Waals surface area contributed by atoms with Gasteiger partial charge in [-0.05, 0) is 6.42 Å². The third-order valence-electron chi connectivity index (χ3n) is 1.29. The van der Waals surface area contributed by atoms with Gasteiger partial charge in [-0.25, -0.2) is 4.79 Å². The van der Waals surface area contributed by atoms with Gasteiger partial charge in [-0.1, -0.05) is 0 Å².